The van der Waals surface area contributed by atoms with Crippen molar-refractivity contribution in [2.75, 3.05) is 24.7 Å². The average Bonchev–Trinajstić information content (AvgIpc) is 3.00. The van der Waals surface area contributed by atoms with Crippen LogP contribution in [0.2, 0.25) is 0 Å². The molecule has 1 fully saturated rings. The smallest absolute Gasteiger partial charge is 0.0893 e. The first-order chi connectivity index (χ1) is 10.4. The summed E-state index contributed by atoms with van der Waals surface area (Å²) in [4.78, 5) is 2.60. The van der Waals surface area contributed by atoms with Gasteiger partial charge in [-0.25, -0.2) is 0 Å². The molecule has 2 heterocycles. The zero-order chi connectivity index (χ0) is 14.7. The van der Waals surface area contributed by atoms with Gasteiger partial charge in [-0.2, -0.15) is 0 Å². The lowest BCUT2D eigenvalue weighted by Crippen LogP contribution is -2.46. The van der Waals surface area contributed by atoms with E-state index in [0.717, 1.165) is 32.4 Å². The topological polar surface area (TPSA) is 32.7 Å². The Bertz CT molecular complexity index is 462. The number of nitrogens with zero attached hydrogens (tertiary/aromatic N) is 1. The van der Waals surface area contributed by atoms with Gasteiger partial charge in [0.15, 0.2) is 0 Å². The molecule has 0 aliphatic carbocycles. The highest BCUT2D eigenvalue weighted by molar-refractivity contribution is 5.58. The third-order valence-corrected chi connectivity index (χ3v) is 5.00. The van der Waals surface area contributed by atoms with E-state index in [0.29, 0.717) is 12.0 Å². The van der Waals surface area contributed by atoms with Crippen LogP contribution in [0.4, 0.5) is 5.69 Å². The maximum Gasteiger partial charge on any atom is 0.0893 e. The second kappa shape index (κ2) is 6.80. The number of ether oxygens (including phenoxy) is 1. The maximum absolute atomic E-state index is 9.25. The second-order valence-corrected chi connectivity index (χ2v) is 6.28. The number of fused-ring (bicyclic) bond motifs is 3. The van der Waals surface area contributed by atoms with Crippen LogP contribution < -0.4 is 4.90 Å². The summed E-state index contributed by atoms with van der Waals surface area (Å²) in [6, 6.07) is 9.26. The molecule has 1 aromatic carbocycles. The summed E-state index contributed by atoms with van der Waals surface area (Å²) in [6.45, 7) is 4.53. The van der Waals surface area contributed by atoms with Crippen LogP contribution in [0.25, 0.3) is 0 Å². The van der Waals surface area contributed by atoms with E-state index in [1.165, 1.54) is 24.1 Å². The summed E-state index contributed by atoms with van der Waals surface area (Å²) in [5, 5.41) is 9.25. The summed E-state index contributed by atoms with van der Waals surface area (Å²) in [5.74, 6) is 0.586. The number of para-hydroxylation sites is 1. The quantitative estimate of drug-likeness (QED) is 0.869. The Morgan fingerprint density at radius 3 is 2.95 bits per heavy atom. The van der Waals surface area contributed by atoms with Crippen molar-refractivity contribution < 1.29 is 9.84 Å². The van der Waals surface area contributed by atoms with E-state index in [1.54, 1.807) is 0 Å². The van der Waals surface area contributed by atoms with Gasteiger partial charge in [0.2, 0.25) is 0 Å². The van der Waals surface area contributed by atoms with Crippen molar-refractivity contribution in [3.05, 3.63) is 29.8 Å². The SMILES string of the molecule is CCCCN1c2ccccc2C2OCCC2C1CCCO. The molecule has 3 heteroatoms. The number of aliphatic hydroxyl groups excluding tert-OH is 1. The van der Waals surface area contributed by atoms with Gasteiger partial charge in [-0.15, -0.1) is 0 Å². The Balaban J connectivity index is 1.93. The molecule has 0 radical (unpaired) electrons. The molecular weight excluding hydrogens is 262 g/mol. The Morgan fingerprint density at radius 1 is 1.29 bits per heavy atom. The molecule has 1 N–H and O–H groups in total. The highest BCUT2D eigenvalue weighted by Gasteiger charge is 2.43. The molecule has 3 nitrogen and oxygen atoms in total. The van der Waals surface area contributed by atoms with E-state index in [9.17, 15) is 5.11 Å². The summed E-state index contributed by atoms with van der Waals surface area (Å²) >= 11 is 0. The molecule has 3 unspecified atom stereocenters. The van der Waals surface area contributed by atoms with E-state index in [4.69, 9.17) is 4.74 Å². The van der Waals surface area contributed by atoms with Gasteiger partial charge in [-0.1, -0.05) is 31.5 Å². The van der Waals surface area contributed by atoms with Gasteiger partial charge in [0.05, 0.1) is 6.10 Å². The average molecular weight is 289 g/mol. The molecule has 0 amide bonds. The van der Waals surface area contributed by atoms with Crippen LogP contribution >= 0.6 is 0 Å². The summed E-state index contributed by atoms with van der Waals surface area (Å²) in [7, 11) is 0. The fourth-order valence-electron chi connectivity index (χ4n) is 4.01. The van der Waals surface area contributed by atoms with Crippen LogP contribution in [0.5, 0.6) is 0 Å². The van der Waals surface area contributed by atoms with Crippen molar-refractivity contribution in [1.29, 1.82) is 0 Å². The van der Waals surface area contributed by atoms with E-state index in [1.807, 2.05) is 0 Å². The van der Waals surface area contributed by atoms with Crippen LogP contribution in [0.1, 0.15) is 50.7 Å². The number of rotatable bonds is 6. The Labute approximate surface area is 127 Å². The van der Waals surface area contributed by atoms with Gasteiger partial charge in [0.25, 0.3) is 0 Å². The Morgan fingerprint density at radius 2 is 2.14 bits per heavy atom. The number of hydrogen-bond acceptors (Lipinski definition) is 3. The molecular formula is C18H27NO2. The fourth-order valence-corrected chi connectivity index (χ4v) is 4.01. The minimum Gasteiger partial charge on any atom is -0.396 e. The molecule has 3 atom stereocenters. The number of anilines is 1. The number of unbranched alkanes of at least 4 members (excludes halogenated alkanes) is 1. The largest absolute Gasteiger partial charge is 0.396 e. The molecule has 0 spiro atoms. The van der Waals surface area contributed by atoms with Gasteiger partial charge in [-0.05, 0) is 31.7 Å². The lowest BCUT2D eigenvalue weighted by Gasteiger charge is -2.45. The third kappa shape index (κ3) is 2.82. The third-order valence-electron chi connectivity index (χ3n) is 5.00. The number of aliphatic hydroxyl groups is 1. The van der Waals surface area contributed by atoms with Gasteiger partial charge in [0.1, 0.15) is 0 Å². The highest BCUT2D eigenvalue weighted by Crippen LogP contribution is 2.48. The predicted octanol–water partition coefficient (Wildman–Crippen LogP) is 3.53. The van der Waals surface area contributed by atoms with Gasteiger partial charge < -0.3 is 14.7 Å². The monoisotopic (exact) mass is 289 g/mol. The van der Waals surface area contributed by atoms with Gasteiger partial charge in [0, 0.05) is 43.0 Å². The van der Waals surface area contributed by atoms with Crippen molar-refractivity contribution in [2.45, 2.75) is 51.2 Å². The first kappa shape index (κ1) is 14.9. The van der Waals surface area contributed by atoms with Crippen LogP contribution in [-0.2, 0) is 4.74 Å². The van der Waals surface area contributed by atoms with Gasteiger partial charge in [-0.3, -0.25) is 0 Å². The molecule has 2 aliphatic rings. The summed E-state index contributed by atoms with van der Waals surface area (Å²) in [5.41, 5.74) is 2.73. The standard InChI is InChI=1S/C18H27NO2/c1-2-3-11-19-16-8-5-4-7-14(16)18-15(10-13-21-18)17(19)9-6-12-20/h4-5,7-8,15,17-18,20H,2-3,6,9-13H2,1H3. The molecule has 0 saturated carbocycles. The molecule has 21 heavy (non-hydrogen) atoms. The second-order valence-electron chi connectivity index (χ2n) is 6.28. The number of hydrogen-bond donors (Lipinski definition) is 1. The van der Waals surface area contributed by atoms with E-state index in [2.05, 4.69) is 36.1 Å². The summed E-state index contributed by atoms with van der Waals surface area (Å²) < 4.78 is 6.06. The molecule has 1 aromatic rings. The molecule has 0 bridgehead atoms. The fraction of sp³-hybridized carbons (Fsp3) is 0.667. The molecule has 0 aromatic heterocycles. The van der Waals surface area contributed by atoms with E-state index in [-0.39, 0.29) is 12.7 Å². The number of benzene rings is 1. The van der Waals surface area contributed by atoms with Crippen molar-refractivity contribution in [1.82, 2.24) is 0 Å². The van der Waals surface area contributed by atoms with Crippen LogP contribution in [0.15, 0.2) is 24.3 Å². The molecule has 3 rings (SSSR count). The lowest BCUT2D eigenvalue weighted by atomic mass is 9.80. The zero-order valence-electron chi connectivity index (χ0n) is 13.0. The molecule has 116 valence electrons. The normalized spacial score (nSPS) is 27.5. The van der Waals surface area contributed by atoms with Crippen LogP contribution in [-0.4, -0.2) is 30.9 Å². The van der Waals surface area contributed by atoms with Crippen molar-refractivity contribution >= 4 is 5.69 Å². The van der Waals surface area contributed by atoms with Crippen LogP contribution in [0, 0.1) is 5.92 Å². The first-order valence-corrected chi connectivity index (χ1v) is 8.44. The van der Waals surface area contributed by atoms with Crippen molar-refractivity contribution in [3.8, 4) is 0 Å². The van der Waals surface area contributed by atoms with Crippen molar-refractivity contribution in [2.24, 2.45) is 5.92 Å². The molecule has 2 aliphatic heterocycles. The summed E-state index contributed by atoms with van der Waals surface area (Å²) in [6.07, 6.45) is 5.82. The molecule has 1 saturated heterocycles. The maximum atomic E-state index is 9.25. The van der Waals surface area contributed by atoms with Crippen molar-refractivity contribution in [3.63, 3.8) is 0 Å². The zero-order valence-corrected chi connectivity index (χ0v) is 13.0. The van der Waals surface area contributed by atoms with Gasteiger partial charge >= 0.3 is 0 Å². The minimum absolute atomic E-state index is 0.266. The Hall–Kier alpha value is -1.06. The minimum atomic E-state index is 0.266. The lowest BCUT2D eigenvalue weighted by molar-refractivity contribution is 0.0763. The van der Waals surface area contributed by atoms with E-state index >= 15 is 0 Å². The predicted molar refractivity (Wildman–Crippen MR) is 85.6 cm³/mol. The van der Waals surface area contributed by atoms with Crippen LogP contribution in [0.3, 0.4) is 0 Å². The first-order valence-electron chi connectivity index (χ1n) is 8.44. The van der Waals surface area contributed by atoms with E-state index < -0.39 is 0 Å². The highest BCUT2D eigenvalue weighted by atomic mass is 16.5. The Kier molecular flexibility index (Phi) is 4.81.